The van der Waals surface area contributed by atoms with Gasteiger partial charge < -0.3 is 34.2 Å². The minimum Gasteiger partial charge on any atom is -0.463 e. The van der Waals surface area contributed by atoms with Crippen LogP contribution in [0.5, 0.6) is 0 Å². The lowest BCUT2D eigenvalue weighted by Crippen LogP contribution is -2.30. The third kappa shape index (κ3) is 94.2. The maximum Gasteiger partial charge on any atom is 0.472 e. The molecule has 0 spiro atoms. The quantitative estimate of drug-likeness (QED) is 0.0146. The number of rotatable bonds is 92. The van der Waals surface area contributed by atoms with E-state index in [4.69, 9.17) is 32.3 Å². The first kappa shape index (κ1) is 115. The number of ether oxygens (including phenoxy) is 3. The van der Waals surface area contributed by atoms with Gasteiger partial charge in [0.15, 0.2) is 6.10 Å². The normalized spacial score (nSPS) is 14.3. The zero-order valence-electron chi connectivity index (χ0n) is 76.0. The van der Waals surface area contributed by atoms with Crippen molar-refractivity contribution in [1.29, 1.82) is 0 Å². The number of aliphatic hydroxyl groups excluding tert-OH is 2. The Hall–Kier alpha value is -4.31. The van der Waals surface area contributed by atoms with Gasteiger partial charge >= 0.3 is 33.6 Å². The van der Waals surface area contributed by atoms with Crippen LogP contribution in [0, 0.1) is 0 Å². The molecule has 0 radical (unpaired) electrons. The van der Waals surface area contributed by atoms with Gasteiger partial charge in [-0.05, 0) is 135 Å². The molecule has 0 aromatic heterocycles. The van der Waals surface area contributed by atoms with Crippen molar-refractivity contribution >= 4 is 33.6 Å². The van der Waals surface area contributed by atoms with Crippen LogP contribution in [0.15, 0.2) is 134 Å². The number of aliphatic hydroxyl groups is 2. The van der Waals surface area contributed by atoms with Crippen LogP contribution in [0.1, 0.15) is 432 Å². The van der Waals surface area contributed by atoms with Gasteiger partial charge in [0, 0.05) is 19.3 Å². The van der Waals surface area contributed by atoms with Crippen molar-refractivity contribution < 1.29 is 75.8 Å². The van der Waals surface area contributed by atoms with E-state index in [1.807, 2.05) is 0 Å². The molecule has 0 aliphatic heterocycles. The van der Waals surface area contributed by atoms with Gasteiger partial charge in [0.05, 0.1) is 26.4 Å². The standard InChI is InChI=1S/C101H178O16P2/c1-4-7-10-13-16-19-22-25-27-29-31-33-35-37-39-41-43-45-47-49-51-53-55-57-59-61-63-65-67-70-72-75-78-81-84-87-99(104)111-90-96(102)91-113-118(107,108)114-92-97(103)93-115-119(109,110)116-95-98(117-101(106)89-86-83-80-77-74-69-24-21-18-15-12-9-6-3)94-112-100(105)88-85-82-79-76-73-71-68-66-64-62-60-58-56-54-52-50-48-46-44-42-40-38-36-34-32-30-28-26-23-20-17-14-11-8-5-2/h7-8,10-11,16-17,19-21,24-28,31-34,37-40,96-98,102-103H,4-6,9,12-15,18,22-23,29-30,35-36,41-95H2,1-3H3,(H,107,108)(H,109,110)/b10-7-,11-8-,19-16-,20-17-,24-21-,27-25-,28-26-,33-31-,34-32-,39-37-,40-38-. The van der Waals surface area contributed by atoms with Crippen LogP contribution in [0.4, 0.5) is 0 Å². The molecule has 0 aliphatic rings. The molecular formula is C101H178O16P2. The van der Waals surface area contributed by atoms with Gasteiger partial charge in [0.2, 0.25) is 0 Å². The fraction of sp³-hybridized carbons (Fsp3) is 0.752. The van der Waals surface area contributed by atoms with E-state index in [0.29, 0.717) is 19.3 Å². The number of phosphoric ester groups is 2. The lowest BCUT2D eigenvalue weighted by atomic mass is 10.0. The second-order valence-corrected chi connectivity index (χ2v) is 35.4. The van der Waals surface area contributed by atoms with Crippen molar-refractivity contribution in [3.05, 3.63) is 134 Å². The van der Waals surface area contributed by atoms with E-state index in [9.17, 15) is 43.5 Å². The molecule has 5 atom stereocenters. The van der Waals surface area contributed by atoms with Crippen molar-refractivity contribution in [2.24, 2.45) is 0 Å². The highest BCUT2D eigenvalue weighted by Crippen LogP contribution is 2.45. The van der Waals surface area contributed by atoms with E-state index in [1.54, 1.807) is 0 Å². The van der Waals surface area contributed by atoms with Gasteiger partial charge in [-0.1, -0.05) is 411 Å². The maximum absolute atomic E-state index is 13.0. The molecule has 0 saturated carbocycles. The van der Waals surface area contributed by atoms with E-state index in [1.165, 1.54) is 231 Å². The molecule has 0 fully saturated rings. The number of carbonyl (C=O) groups is 3. The smallest absolute Gasteiger partial charge is 0.463 e. The van der Waals surface area contributed by atoms with Crippen LogP contribution >= 0.6 is 15.6 Å². The summed E-state index contributed by atoms with van der Waals surface area (Å²) < 4.78 is 61.4. The Kier molecular flexibility index (Phi) is 89.5. The van der Waals surface area contributed by atoms with Crippen molar-refractivity contribution in [2.75, 3.05) is 39.6 Å². The van der Waals surface area contributed by atoms with Crippen LogP contribution in [-0.2, 0) is 55.8 Å². The molecule has 0 heterocycles. The number of carbonyl (C=O) groups excluding carboxylic acids is 3. The molecular weight excluding hydrogens is 1530 g/mol. The number of hydrogen-bond donors (Lipinski definition) is 4. The third-order valence-electron chi connectivity index (χ3n) is 20.8. The summed E-state index contributed by atoms with van der Waals surface area (Å²) in [7, 11) is -9.79. The molecule has 0 rings (SSSR count). The van der Waals surface area contributed by atoms with Crippen LogP contribution in [0.2, 0.25) is 0 Å². The summed E-state index contributed by atoms with van der Waals surface area (Å²) in [6, 6.07) is 0. The molecule has 0 aromatic carbocycles. The fourth-order valence-electron chi connectivity index (χ4n) is 13.6. The second kappa shape index (κ2) is 92.9. The summed E-state index contributed by atoms with van der Waals surface area (Å²) in [5, 5.41) is 20.7. The van der Waals surface area contributed by atoms with E-state index in [-0.39, 0.29) is 19.3 Å². The Morgan fingerprint density at radius 3 is 0.714 bits per heavy atom. The summed E-state index contributed by atoms with van der Waals surface area (Å²) >= 11 is 0. The number of hydrogen-bond acceptors (Lipinski definition) is 14. The Balaban J connectivity index is 4.33. The van der Waals surface area contributed by atoms with E-state index in [2.05, 4.69) is 154 Å². The molecule has 0 aromatic rings. The van der Waals surface area contributed by atoms with Crippen molar-refractivity contribution in [3.8, 4) is 0 Å². The van der Waals surface area contributed by atoms with Crippen LogP contribution in [0.3, 0.4) is 0 Å². The highest BCUT2D eigenvalue weighted by atomic mass is 31.2. The van der Waals surface area contributed by atoms with Gasteiger partial charge in [-0.15, -0.1) is 0 Å². The lowest BCUT2D eigenvalue weighted by Gasteiger charge is -2.21. The average Bonchev–Trinajstić information content (AvgIpc) is 0.893. The van der Waals surface area contributed by atoms with Crippen LogP contribution in [0.25, 0.3) is 0 Å². The number of unbranched alkanes of at least 4 members (excludes halogenated alkanes) is 47. The number of phosphoric acid groups is 2. The molecule has 18 heteroatoms. The number of allylic oxidation sites excluding steroid dienone is 22. The van der Waals surface area contributed by atoms with Crippen molar-refractivity contribution in [2.45, 2.75) is 450 Å². The van der Waals surface area contributed by atoms with Gasteiger partial charge in [0.1, 0.15) is 25.4 Å². The first-order valence-corrected chi connectivity index (χ1v) is 51.5. The zero-order chi connectivity index (χ0) is 86.5. The zero-order valence-corrected chi connectivity index (χ0v) is 77.8. The van der Waals surface area contributed by atoms with E-state index < -0.39 is 91.5 Å². The monoisotopic (exact) mass is 1710 g/mol. The van der Waals surface area contributed by atoms with Crippen LogP contribution < -0.4 is 0 Å². The molecule has 5 unspecified atom stereocenters. The molecule has 16 nitrogen and oxygen atoms in total. The summed E-state index contributed by atoms with van der Waals surface area (Å²) in [5.41, 5.74) is 0. The maximum atomic E-state index is 13.0. The summed E-state index contributed by atoms with van der Waals surface area (Å²) in [5.74, 6) is -1.56. The molecule has 4 N–H and O–H groups in total. The SMILES string of the molecule is CC/C=C\C/C=C\C/C=C\C/C=C\C/C=C\CCCCCCCCCCCCCCCCCCCCCC(=O)OCC(O)COP(=O)(O)OCC(O)COP(=O)(O)OCC(COC(=O)CCCCCCCCCCCCCCCCCCCCC/C=C\C/C=C\C/C=C\C/C=C\C/C=C\CC)OC(=O)CCCCCCC/C=C\CCCCCC. The topological polar surface area (TPSA) is 231 Å². The Morgan fingerprint density at radius 1 is 0.244 bits per heavy atom. The average molecular weight is 1710 g/mol. The fourth-order valence-corrected chi connectivity index (χ4v) is 15.2. The Bertz CT molecular complexity index is 2690. The lowest BCUT2D eigenvalue weighted by molar-refractivity contribution is -0.161. The largest absolute Gasteiger partial charge is 0.472 e. The summed E-state index contributed by atoms with van der Waals surface area (Å²) in [6.45, 7) is 2.50. The molecule has 119 heavy (non-hydrogen) atoms. The Morgan fingerprint density at radius 2 is 0.445 bits per heavy atom. The first-order valence-electron chi connectivity index (χ1n) is 48.5. The van der Waals surface area contributed by atoms with E-state index >= 15 is 0 Å². The highest BCUT2D eigenvalue weighted by Gasteiger charge is 2.30. The highest BCUT2D eigenvalue weighted by molar-refractivity contribution is 7.47. The predicted octanol–water partition coefficient (Wildman–Crippen LogP) is 30.1. The predicted molar refractivity (Wildman–Crippen MR) is 500 cm³/mol. The minimum absolute atomic E-state index is 0.0968. The summed E-state index contributed by atoms with van der Waals surface area (Å²) in [4.78, 5) is 58.9. The van der Waals surface area contributed by atoms with Crippen molar-refractivity contribution in [1.82, 2.24) is 0 Å². The second-order valence-electron chi connectivity index (χ2n) is 32.5. The van der Waals surface area contributed by atoms with Crippen LogP contribution in [-0.4, -0.2) is 95.9 Å². The molecule has 0 aliphatic carbocycles. The minimum atomic E-state index is -4.94. The molecule has 0 saturated heterocycles. The molecule has 688 valence electrons. The number of esters is 3. The van der Waals surface area contributed by atoms with Crippen molar-refractivity contribution in [3.63, 3.8) is 0 Å². The van der Waals surface area contributed by atoms with Gasteiger partial charge in [-0.3, -0.25) is 32.5 Å². The van der Waals surface area contributed by atoms with Gasteiger partial charge in [-0.2, -0.15) is 0 Å². The molecule has 0 bridgehead atoms. The Labute approximate surface area is 728 Å². The first-order chi connectivity index (χ1) is 58.2. The van der Waals surface area contributed by atoms with E-state index in [0.717, 1.165) is 141 Å². The molecule has 0 amide bonds. The van der Waals surface area contributed by atoms with Gasteiger partial charge in [-0.25, -0.2) is 9.13 Å². The van der Waals surface area contributed by atoms with Gasteiger partial charge in [0.25, 0.3) is 0 Å². The summed E-state index contributed by atoms with van der Waals surface area (Å²) in [6.07, 6.45) is 117. The third-order valence-corrected chi connectivity index (χ3v) is 22.7.